The zero-order chi connectivity index (χ0) is 7.61. The normalized spacial score (nSPS) is 23.1. The summed E-state index contributed by atoms with van der Waals surface area (Å²) in [4.78, 5) is 0. The molecular formula is C8H18NS+. The number of quaternary nitrogens is 1. The topological polar surface area (TPSA) is 0 Å². The monoisotopic (exact) mass is 160 g/mol. The van der Waals surface area contributed by atoms with Gasteiger partial charge in [-0.25, -0.2) is 0 Å². The fourth-order valence-electron chi connectivity index (χ4n) is 1.71. The van der Waals surface area contributed by atoms with Gasteiger partial charge in [-0.2, -0.15) is 0 Å². The Morgan fingerprint density at radius 3 is 1.90 bits per heavy atom. The fraction of sp³-hybridized carbons (Fsp3) is 1.00. The highest BCUT2D eigenvalue weighted by molar-refractivity contribution is 7.74. The van der Waals surface area contributed by atoms with Crippen molar-refractivity contribution in [1.29, 1.82) is 0 Å². The molecular weight excluding hydrogens is 142 g/mol. The Balaban J connectivity index is 2.39. The maximum Gasteiger partial charge on any atom is 0.0989 e. The maximum absolute atomic E-state index is 4.54. The minimum atomic E-state index is 0.803. The Labute approximate surface area is 69.5 Å². The molecule has 0 aliphatic heterocycles. The summed E-state index contributed by atoms with van der Waals surface area (Å²) < 4.78 is 0.861. The minimum absolute atomic E-state index is 0.803. The molecule has 0 N–H and O–H groups in total. The van der Waals surface area contributed by atoms with Gasteiger partial charge in [0.05, 0.1) is 33.0 Å². The van der Waals surface area contributed by atoms with E-state index in [2.05, 4.69) is 26.9 Å². The molecule has 1 aliphatic rings. The van der Waals surface area contributed by atoms with Crippen molar-refractivity contribution in [2.75, 3.05) is 14.1 Å². The third kappa shape index (κ3) is 2.17. The van der Waals surface area contributed by atoms with Crippen molar-refractivity contribution in [1.82, 2.24) is 0 Å². The van der Waals surface area contributed by atoms with Gasteiger partial charge in [0.25, 0.3) is 0 Å². The third-order valence-corrected chi connectivity index (χ3v) is 2.79. The number of hydrogen-bond acceptors (Lipinski definition) is 1. The summed E-state index contributed by atoms with van der Waals surface area (Å²) >= 11 is 4.54. The van der Waals surface area contributed by atoms with Gasteiger partial charge < -0.3 is 0 Å². The molecule has 0 bridgehead atoms. The van der Waals surface area contributed by atoms with E-state index in [1.807, 2.05) is 0 Å². The summed E-state index contributed by atoms with van der Waals surface area (Å²) in [5, 5.41) is 0. The Kier molecular flexibility index (Phi) is 2.64. The first-order chi connectivity index (χ1) is 4.61. The van der Waals surface area contributed by atoms with Gasteiger partial charge in [-0.15, -0.1) is 0 Å². The highest BCUT2D eigenvalue weighted by atomic mass is 32.1. The van der Waals surface area contributed by atoms with Gasteiger partial charge in [-0.3, -0.25) is 3.89 Å². The van der Waals surface area contributed by atoms with Crippen LogP contribution in [0, 0.1) is 0 Å². The van der Waals surface area contributed by atoms with Crippen LogP contribution in [0.1, 0.15) is 32.1 Å². The number of nitrogens with zero attached hydrogens (tertiary/aromatic N) is 1. The second kappa shape index (κ2) is 3.14. The smallest absolute Gasteiger partial charge is 0.0989 e. The predicted molar refractivity (Wildman–Crippen MR) is 48.0 cm³/mol. The first-order valence-corrected chi connectivity index (χ1v) is 4.57. The van der Waals surface area contributed by atoms with E-state index in [0.717, 1.165) is 9.93 Å². The molecule has 0 aromatic heterocycles. The fourth-order valence-corrected chi connectivity index (χ4v) is 1.94. The van der Waals surface area contributed by atoms with Crippen molar-refractivity contribution in [3.8, 4) is 0 Å². The molecule has 0 saturated heterocycles. The SMILES string of the molecule is C[N+](C)(S)C1CCCCC1. The van der Waals surface area contributed by atoms with E-state index >= 15 is 0 Å². The number of thiol groups is 1. The molecule has 0 heterocycles. The van der Waals surface area contributed by atoms with Gasteiger partial charge in [-0.05, 0) is 12.8 Å². The quantitative estimate of drug-likeness (QED) is 0.441. The largest absolute Gasteiger partial charge is 0.267 e. The second-order valence-electron chi connectivity index (χ2n) is 3.77. The minimum Gasteiger partial charge on any atom is -0.267 e. The highest BCUT2D eigenvalue weighted by Crippen LogP contribution is 2.26. The van der Waals surface area contributed by atoms with E-state index in [1.165, 1.54) is 32.1 Å². The average Bonchev–Trinajstić information content (AvgIpc) is 1.88. The Hall–Kier alpha value is 0.310. The molecule has 0 unspecified atom stereocenters. The van der Waals surface area contributed by atoms with Gasteiger partial charge in [0.15, 0.2) is 0 Å². The second-order valence-corrected chi connectivity index (χ2v) is 4.80. The highest BCUT2D eigenvalue weighted by Gasteiger charge is 2.26. The van der Waals surface area contributed by atoms with Crippen molar-refractivity contribution < 1.29 is 3.89 Å². The molecule has 10 heavy (non-hydrogen) atoms. The van der Waals surface area contributed by atoms with Crippen molar-refractivity contribution in [3.63, 3.8) is 0 Å². The molecule has 1 saturated carbocycles. The van der Waals surface area contributed by atoms with E-state index < -0.39 is 0 Å². The van der Waals surface area contributed by atoms with Gasteiger partial charge >= 0.3 is 0 Å². The summed E-state index contributed by atoms with van der Waals surface area (Å²) in [5.74, 6) is 0. The molecule has 0 radical (unpaired) electrons. The number of hydrogen-bond donors (Lipinski definition) is 1. The lowest BCUT2D eigenvalue weighted by atomic mass is 9.95. The lowest BCUT2D eigenvalue weighted by Crippen LogP contribution is -2.41. The van der Waals surface area contributed by atoms with Crippen LogP contribution < -0.4 is 0 Å². The van der Waals surface area contributed by atoms with Crippen LogP contribution >= 0.6 is 12.8 Å². The molecule has 1 nitrogen and oxygen atoms in total. The molecule has 0 aromatic carbocycles. The van der Waals surface area contributed by atoms with E-state index in [0.29, 0.717) is 0 Å². The van der Waals surface area contributed by atoms with Crippen molar-refractivity contribution in [2.24, 2.45) is 0 Å². The summed E-state index contributed by atoms with van der Waals surface area (Å²) in [6.45, 7) is 0. The van der Waals surface area contributed by atoms with Gasteiger partial charge in [0.2, 0.25) is 0 Å². The summed E-state index contributed by atoms with van der Waals surface area (Å²) in [7, 11) is 4.36. The Bertz CT molecular complexity index is 100. The molecule has 0 spiro atoms. The van der Waals surface area contributed by atoms with Crippen molar-refractivity contribution in [2.45, 2.75) is 38.1 Å². The summed E-state index contributed by atoms with van der Waals surface area (Å²) in [5.41, 5.74) is 0. The first kappa shape index (κ1) is 8.41. The Morgan fingerprint density at radius 1 is 1.10 bits per heavy atom. The molecule has 0 atom stereocenters. The van der Waals surface area contributed by atoms with Crippen LogP contribution in [0.15, 0.2) is 0 Å². The number of rotatable bonds is 1. The maximum atomic E-state index is 4.54. The van der Waals surface area contributed by atoms with Gasteiger partial charge in [0.1, 0.15) is 0 Å². The van der Waals surface area contributed by atoms with Crippen LogP contribution in [0.3, 0.4) is 0 Å². The van der Waals surface area contributed by atoms with E-state index in [9.17, 15) is 0 Å². The summed E-state index contributed by atoms with van der Waals surface area (Å²) in [6, 6.07) is 0.803. The van der Waals surface area contributed by atoms with Gasteiger partial charge in [-0.1, -0.05) is 6.42 Å². The third-order valence-electron chi connectivity index (χ3n) is 2.47. The van der Waals surface area contributed by atoms with Crippen molar-refractivity contribution in [3.05, 3.63) is 0 Å². The lowest BCUT2D eigenvalue weighted by Gasteiger charge is -2.34. The molecule has 2 heteroatoms. The first-order valence-electron chi connectivity index (χ1n) is 4.17. The van der Waals surface area contributed by atoms with E-state index in [-0.39, 0.29) is 0 Å². The van der Waals surface area contributed by atoms with Crippen LogP contribution in [-0.4, -0.2) is 24.0 Å². The van der Waals surface area contributed by atoms with Crippen LogP contribution in [0.25, 0.3) is 0 Å². The van der Waals surface area contributed by atoms with E-state index in [1.54, 1.807) is 0 Å². The molecule has 0 aromatic rings. The molecule has 1 rings (SSSR count). The lowest BCUT2D eigenvalue weighted by molar-refractivity contribution is -0.779. The average molecular weight is 160 g/mol. The van der Waals surface area contributed by atoms with Crippen LogP contribution in [0.2, 0.25) is 0 Å². The van der Waals surface area contributed by atoms with Gasteiger partial charge in [0, 0.05) is 12.8 Å². The molecule has 0 amide bonds. The predicted octanol–water partition coefficient (Wildman–Crippen LogP) is 2.24. The van der Waals surface area contributed by atoms with E-state index in [4.69, 9.17) is 0 Å². The zero-order valence-electron chi connectivity index (χ0n) is 7.01. The molecule has 60 valence electrons. The van der Waals surface area contributed by atoms with Crippen LogP contribution in [-0.2, 0) is 0 Å². The van der Waals surface area contributed by atoms with Crippen molar-refractivity contribution >= 4 is 12.8 Å². The summed E-state index contributed by atoms with van der Waals surface area (Å²) in [6.07, 6.45) is 7.00. The standard InChI is InChI=1S/C8H18NS/c1-9(2,10)8-6-4-3-5-7-8/h8,10H,3-7H2,1-2H3/q+1. The van der Waals surface area contributed by atoms with Crippen LogP contribution in [0.4, 0.5) is 0 Å². The molecule has 1 fully saturated rings. The molecule has 1 aliphatic carbocycles. The zero-order valence-corrected chi connectivity index (χ0v) is 7.90. The Morgan fingerprint density at radius 2 is 1.60 bits per heavy atom. The van der Waals surface area contributed by atoms with Crippen LogP contribution in [0.5, 0.6) is 0 Å².